The van der Waals surface area contributed by atoms with Gasteiger partial charge in [0.15, 0.2) is 4.21 Å². The second kappa shape index (κ2) is 5.07. The van der Waals surface area contributed by atoms with Crippen molar-refractivity contribution in [3.8, 4) is 0 Å². The lowest BCUT2D eigenvalue weighted by Crippen LogP contribution is -2.12. The molecule has 0 amide bonds. The number of fused-ring (bicyclic) bond motifs is 1. The first kappa shape index (κ1) is 13.9. The van der Waals surface area contributed by atoms with Gasteiger partial charge in [0, 0.05) is 17.1 Å². The predicted molar refractivity (Wildman–Crippen MR) is 86.1 cm³/mol. The minimum Gasteiger partial charge on any atom is -0.361 e. The van der Waals surface area contributed by atoms with Crippen LogP contribution < -0.4 is 4.72 Å². The molecule has 0 fully saturated rings. The zero-order chi connectivity index (χ0) is 14.3. The summed E-state index contributed by atoms with van der Waals surface area (Å²) in [6.45, 7) is 0. The molecule has 0 atom stereocenters. The van der Waals surface area contributed by atoms with E-state index in [1.165, 1.54) is 0 Å². The number of sulfonamides is 1. The van der Waals surface area contributed by atoms with Crippen molar-refractivity contribution in [3.63, 3.8) is 0 Å². The molecular weight excluding hydrogens is 384 g/mol. The molecule has 2 aromatic heterocycles. The fourth-order valence-electron chi connectivity index (χ4n) is 1.87. The number of hydrogen-bond donors (Lipinski definition) is 2. The van der Waals surface area contributed by atoms with Crippen LogP contribution in [-0.2, 0) is 10.0 Å². The number of nitrogens with one attached hydrogen (secondary N) is 2. The van der Waals surface area contributed by atoms with Crippen LogP contribution in [-0.4, -0.2) is 13.4 Å². The van der Waals surface area contributed by atoms with Crippen molar-refractivity contribution >= 4 is 65.5 Å². The lowest BCUT2D eigenvalue weighted by atomic mass is 10.2. The molecule has 4 nitrogen and oxygen atoms in total. The van der Waals surface area contributed by atoms with Crippen LogP contribution in [0, 0.1) is 0 Å². The van der Waals surface area contributed by atoms with Crippen molar-refractivity contribution in [1.29, 1.82) is 0 Å². The maximum absolute atomic E-state index is 12.4. The quantitative estimate of drug-likeness (QED) is 0.693. The lowest BCUT2D eigenvalue weighted by Gasteiger charge is -2.08. The number of hydrogen-bond acceptors (Lipinski definition) is 3. The number of aromatic amines is 1. The summed E-state index contributed by atoms with van der Waals surface area (Å²) in [6.07, 6.45) is 1.76. The summed E-state index contributed by atoms with van der Waals surface area (Å²) in [7, 11) is -3.67. The van der Waals surface area contributed by atoms with Crippen LogP contribution in [0.1, 0.15) is 0 Å². The summed E-state index contributed by atoms with van der Waals surface area (Å²) in [5, 5.41) is 0.815. The first-order chi connectivity index (χ1) is 9.47. The van der Waals surface area contributed by atoms with Crippen LogP contribution in [0.4, 0.5) is 5.69 Å². The number of rotatable bonds is 3. The first-order valence-electron chi connectivity index (χ1n) is 5.51. The summed E-state index contributed by atoms with van der Waals surface area (Å²) < 4.78 is 28.4. The van der Waals surface area contributed by atoms with E-state index in [0.29, 0.717) is 14.5 Å². The van der Waals surface area contributed by atoms with Crippen LogP contribution in [0.5, 0.6) is 0 Å². The molecule has 3 aromatic rings. The highest BCUT2D eigenvalue weighted by Crippen LogP contribution is 2.36. The standard InChI is InChI=1S/C12H8BrClN2O2S2/c13-8-6-11(14)19-12(8)20(17,18)16-10-3-1-2-9-7(10)4-5-15-9/h1-6,15-16H. The van der Waals surface area contributed by atoms with E-state index in [4.69, 9.17) is 11.6 Å². The SMILES string of the molecule is O=S(=O)(Nc1cccc2[nH]ccc12)c1sc(Cl)cc1Br. The van der Waals surface area contributed by atoms with Crippen LogP contribution in [0.3, 0.4) is 0 Å². The number of benzene rings is 1. The van der Waals surface area contributed by atoms with Gasteiger partial charge in [-0.05, 0) is 40.2 Å². The largest absolute Gasteiger partial charge is 0.361 e. The fraction of sp³-hybridized carbons (Fsp3) is 0. The van der Waals surface area contributed by atoms with Gasteiger partial charge >= 0.3 is 0 Å². The maximum Gasteiger partial charge on any atom is 0.272 e. The average molecular weight is 392 g/mol. The summed E-state index contributed by atoms with van der Waals surface area (Å²) in [4.78, 5) is 3.04. The Hall–Kier alpha value is -1.02. The molecule has 0 aliphatic carbocycles. The minimum absolute atomic E-state index is 0.162. The number of anilines is 1. The Morgan fingerprint density at radius 1 is 1.30 bits per heavy atom. The number of aromatic nitrogens is 1. The van der Waals surface area contributed by atoms with E-state index in [1.807, 2.05) is 12.1 Å². The Kier molecular flexibility index (Phi) is 3.53. The Bertz CT molecular complexity index is 886. The monoisotopic (exact) mass is 390 g/mol. The molecule has 0 saturated heterocycles. The van der Waals surface area contributed by atoms with Crippen LogP contribution in [0.2, 0.25) is 4.34 Å². The molecule has 104 valence electrons. The molecule has 2 heterocycles. The topological polar surface area (TPSA) is 62.0 Å². The number of halogens is 2. The molecule has 1 aromatic carbocycles. The molecule has 0 saturated carbocycles. The zero-order valence-corrected chi connectivity index (χ0v) is 13.8. The van der Waals surface area contributed by atoms with Gasteiger partial charge in [0.05, 0.1) is 14.5 Å². The van der Waals surface area contributed by atoms with Gasteiger partial charge in [-0.1, -0.05) is 17.7 Å². The molecule has 2 N–H and O–H groups in total. The summed E-state index contributed by atoms with van der Waals surface area (Å²) >= 11 is 10.1. The van der Waals surface area contributed by atoms with Crippen LogP contribution >= 0.6 is 38.9 Å². The van der Waals surface area contributed by atoms with E-state index in [9.17, 15) is 8.42 Å². The van der Waals surface area contributed by atoms with Crippen molar-refractivity contribution < 1.29 is 8.42 Å². The van der Waals surface area contributed by atoms with Gasteiger partial charge in [-0.3, -0.25) is 4.72 Å². The highest BCUT2D eigenvalue weighted by molar-refractivity contribution is 9.10. The molecule has 20 heavy (non-hydrogen) atoms. The Balaban J connectivity index is 2.06. The van der Waals surface area contributed by atoms with E-state index in [-0.39, 0.29) is 4.21 Å². The zero-order valence-electron chi connectivity index (χ0n) is 9.85. The Labute approximate surface area is 133 Å². The van der Waals surface area contributed by atoms with Gasteiger partial charge in [-0.15, -0.1) is 11.3 Å². The van der Waals surface area contributed by atoms with Crippen molar-refractivity contribution in [3.05, 3.63) is 45.3 Å². The van der Waals surface area contributed by atoms with Crippen LogP contribution in [0.15, 0.2) is 45.2 Å². The normalized spacial score (nSPS) is 11.9. The molecule has 3 rings (SSSR count). The fourth-order valence-corrected chi connectivity index (χ4v) is 5.97. The highest BCUT2D eigenvalue weighted by Gasteiger charge is 2.22. The van der Waals surface area contributed by atoms with Gasteiger partial charge in [0.25, 0.3) is 10.0 Å². The number of thiophene rings is 1. The second-order valence-corrected chi connectivity index (χ2v) is 8.45. The molecule has 8 heteroatoms. The summed E-state index contributed by atoms with van der Waals surface area (Å²) in [5.74, 6) is 0. The average Bonchev–Trinajstić information content (AvgIpc) is 2.96. The van der Waals surface area contributed by atoms with Gasteiger partial charge in [-0.2, -0.15) is 0 Å². The third-order valence-corrected chi connectivity index (χ3v) is 7.02. The summed E-state index contributed by atoms with van der Waals surface area (Å²) in [6, 6.07) is 8.77. The third-order valence-electron chi connectivity index (χ3n) is 2.71. The van der Waals surface area contributed by atoms with Crippen molar-refractivity contribution in [2.24, 2.45) is 0 Å². The predicted octanol–water partition coefficient (Wildman–Crippen LogP) is 4.45. The summed E-state index contributed by atoms with van der Waals surface area (Å²) in [5.41, 5.74) is 1.40. The lowest BCUT2D eigenvalue weighted by molar-refractivity contribution is 0.603. The molecule has 0 radical (unpaired) electrons. The molecule has 0 unspecified atom stereocenters. The maximum atomic E-state index is 12.4. The van der Waals surface area contributed by atoms with Crippen LogP contribution in [0.25, 0.3) is 10.9 Å². The van der Waals surface area contributed by atoms with E-state index in [0.717, 1.165) is 22.2 Å². The van der Waals surface area contributed by atoms with Gasteiger partial charge in [0.2, 0.25) is 0 Å². The second-order valence-electron chi connectivity index (χ2n) is 4.04. The van der Waals surface area contributed by atoms with Crippen molar-refractivity contribution in [2.75, 3.05) is 4.72 Å². The molecule has 0 bridgehead atoms. The highest BCUT2D eigenvalue weighted by atomic mass is 79.9. The smallest absolute Gasteiger partial charge is 0.272 e. The van der Waals surface area contributed by atoms with Crippen molar-refractivity contribution in [2.45, 2.75) is 4.21 Å². The Morgan fingerprint density at radius 2 is 2.10 bits per heavy atom. The first-order valence-corrected chi connectivity index (χ1v) is 8.98. The molecular formula is C12H8BrClN2O2S2. The number of H-pyrrole nitrogens is 1. The van der Waals surface area contributed by atoms with E-state index < -0.39 is 10.0 Å². The third kappa shape index (κ3) is 2.46. The van der Waals surface area contributed by atoms with E-state index in [1.54, 1.807) is 24.4 Å². The van der Waals surface area contributed by atoms with Gasteiger partial charge in [0.1, 0.15) is 0 Å². The van der Waals surface area contributed by atoms with Gasteiger partial charge in [-0.25, -0.2) is 8.42 Å². The van der Waals surface area contributed by atoms with Crippen molar-refractivity contribution in [1.82, 2.24) is 4.98 Å². The Morgan fingerprint density at radius 3 is 2.80 bits per heavy atom. The molecule has 0 aliphatic rings. The van der Waals surface area contributed by atoms with E-state index in [2.05, 4.69) is 25.6 Å². The van der Waals surface area contributed by atoms with E-state index >= 15 is 0 Å². The minimum atomic E-state index is -3.67. The molecule has 0 spiro atoms. The van der Waals surface area contributed by atoms with Gasteiger partial charge < -0.3 is 4.98 Å². The molecule has 0 aliphatic heterocycles.